The Hall–Kier alpha value is -0.610. The molecule has 0 bridgehead atoms. The van der Waals surface area contributed by atoms with E-state index in [1.54, 1.807) is 0 Å². The predicted octanol–water partition coefficient (Wildman–Crippen LogP) is 2.55. The fraction of sp³-hybridized carbons (Fsp3) is 0.941. The first-order valence-corrected chi connectivity index (χ1v) is 8.69. The number of hydrogen-bond acceptors (Lipinski definition) is 3. The van der Waals surface area contributed by atoms with E-state index >= 15 is 0 Å². The zero-order valence-corrected chi connectivity index (χ0v) is 14.9. The normalized spacial score (nSPS) is 23.1. The van der Waals surface area contributed by atoms with Crippen molar-refractivity contribution in [3.63, 3.8) is 0 Å². The summed E-state index contributed by atoms with van der Waals surface area (Å²) in [6, 6.07) is 0.0126. The summed E-state index contributed by atoms with van der Waals surface area (Å²) in [4.78, 5) is 17.2. The van der Waals surface area contributed by atoms with Gasteiger partial charge in [-0.25, -0.2) is 0 Å². The Balaban J connectivity index is 2.65. The van der Waals surface area contributed by atoms with Crippen LogP contribution in [-0.4, -0.2) is 54.1 Å². The van der Waals surface area contributed by atoms with Crippen LogP contribution in [0.4, 0.5) is 0 Å². The Kier molecular flexibility index (Phi) is 7.67. The topological polar surface area (TPSA) is 35.6 Å². The van der Waals surface area contributed by atoms with Gasteiger partial charge in [-0.1, -0.05) is 41.5 Å². The summed E-state index contributed by atoms with van der Waals surface area (Å²) in [5, 5.41) is 3.55. The van der Waals surface area contributed by atoms with Crippen LogP contribution in [0.25, 0.3) is 0 Å². The summed E-state index contributed by atoms with van der Waals surface area (Å²) in [5.41, 5.74) is 0. The fourth-order valence-electron chi connectivity index (χ4n) is 3.14. The van der Waals surface area contributed by atoms with Crippen molar-refractivity contribution in [2.24, 2.45) is 11.8 Å². The minimum Gasteiger partial charge on any atom is -0.324 e. The minimum atomic E-state index is 0.0126. The maximum absolute atomic E-state index is 12.7. The Bertz CT molecular complexity index is 317. The van der Waals surface area contributed by atoms with Gasteiger partial charge in [-0.05, 0) is 37.8 Å². The van der Waals surface area contributed by atoms with Crippen LogP contribution >= 0.6 is 0 Å². The second-order valence-corrected chi connectivity index (χ2v) is 7.00. The molecule has 0 saturated carbocycles. The Morgan fingerprint density at radius 3 is 2.33 bits per heavy atom. The van der Waals surface area contributed by atoms with Crippen molar-refractivity contribution in [2.75, 3.05) is 26.2 Å². The van der Waals surface area contributed by atoms with Gasteiger partial charge in [0.05, 0.1) is 12.2 Å². The van der Waals surface area contributed by atoms with E-state index in [1.165, 1.54) is 6.42 Å². The molecule has 0 spiro atoms. The largest absolute Gasteiger partial charge is 0.324 e. The van der Waals surface area contributed by atoms with Crippen LogP contribution in [0.3, 0.4) is 0 Å². The number of nitrogens with one attached hydrogen (secondary N) is 1. The summed E-state index contributed by atoms with van der Waals surface area (Å²) in [6.07, 6.45) is 2.30. The highest BCUT2D eigenvalue weighted by atomic mass is 16.2. The van der Waals surface area contributed by atoms with E-state index in [1.807, 2.05) is 0 Å². The van der Waals surface area contributed by atoms with Gasteiger partial charge in [-0.3, -0.25) is 10.1 Å². The van der Waals surface area contributed by atoms with E-state index in [2.05, 4.69) is 56.7 Å². The lowest BCUT2D eigenvalue weighted by atomic mass is 10.0. The van der Waals surface area contributed by atoms with Crippen LogP contribution in [0, 0.1) is 11.8 Å². The Morgan fingerprint density at radius 1 is 1.19 bits per heavy atom. The fourth-order valence-corrected chi connectivity index (χ4v) is 3.14. The second kappa shape index (κ2) is 8.74. The van der Waals surface area contributed by atoms with Crippen LogP contribution in [0.5, 0.6) is 0 Å². The second-order valence-electron chi connectivity index (χ2n) is 7.00. The third-order valence-electron chi connectivity index (χ3n) is 4.27. The minimum absolute atomic E-state index is 0.0126. The number of carbonyl (C=O) groups excluding carboxylic acids is 1. The van der Waals surface area contributed by atoms with Gasteiger partial charge in [-0.2, -0.15) is 0 Å². The van der Waals surface area contributed by atoms with Crippen molar-refractivity contribution in [1.29, 1.82) is 0 Å². The van der Waals surface area contributed by atoms with Crippen LogP contribution in [0.15, 0.2) is 0 Å². The molecule has 124 valence electrons. The predicted molar refractivity (Wildman–Crippen MR) is 89.1 cm³/mol. The average Bonchev–Trinajstić information content (AvgIpc) is 2.71. The molecular formula is C17H35N3O. The first-order chi connectivity index (χ1) is 9.90. The molecule has 1 fully saturated rings. The summed E-state index contributed by atoms with van der Waals surface area (Å²) < 4.78 is 0. The number of amides is 1. The molecule has 2 unspecified atom stereocenters. The van der Waals surface area contributed by atoms with Gasteiger partial charge in [0.15, 0.2) is 0 Å². The molecule has 1 aliphatic heterocycles. The zero-order chi connectivity index (χ0) is 16.0. The molecule has 0 aromatic rings. The van der Waals surface area contributed by atoms with Crippen LogP contribution in [0.2, 0.25) is 0 Å². The van der Waals surface area contributed by atoms with Crippen LogP contribution < -0.4 is 5.32 Å². The Labute approximate surface area is 131 Å². The van der Waals surface area contributed by atoms with Gasteiger partial charge in [0, 0.05) is 13.1 Å². The molecule has 1 aliphatic rings. The van der Waals surface area contributed by atoms with Crippen molar-refractivity contribution in [3.05, 3.63) is 0 Å². The highest BCUT2D eigenvalue weighted by Crippen LogP contribution is 2.21. The van der Waals surface area contributed by atoms with Crippen LogP contribution in [0.1, 0.15) is 54.4 Å². The zero-order valence-electron chi connectivity index (χ0n) is 14.9. The van der Waals surface area contributed by atoms with Crippen molar-refractivity contribution >= 4 is 5.91 Å². The Morgan fingerprint density at radius 2 is 1.86 bits per heavy atom. The van der Waals surface area contributed by atoms with Gasteiger partial charge in [0.25, 0.3) is 0 Å². The van der Waals surface area contributed by atoms with Crippen molar-refractivity contribution < 1.29 is 4.79 Å². The molecular weight excluding hydrogens is 262 g/mol. The van der Waals surface area contributed by atoms with E-state index in [9.17, 15) is 4.79 Å². The number of rotatable bonds is 9. The van der Waals surface area contributed by atoms with Gasteiger partial charge in [0.1, 0.15) is 0 Å². The first-order valence-electron chi connectivity index (χ1n) is 8.69. The van der Waals surface area contributed by atoms with E-state index in [-0.39, 0.29) is 12.2 Å². The molecule has 0 aromatic carbocycles. The maximum atomic E-state index is 12.7. The lowest BCUT2D eigenvalue weighted by molar-refractivity contribution is -0.131. The average molecular weight is 297 g/mol. The number of likely N-dealkylation sites (N-methyl/N-ethyl adjacent to an activating group) is 1. The summed E-state index contributed by atoms with van der Waals surface area (Å²) in [7, 11) is 0. The van der Waals surface area contributed by atoms with E-state index in [0.717, 1.165) is 32.6 Å². The molecule has 1 heterocycles. The van der Waals surface area contributed by atoms with Crippen LogP contribution in [-0.2, 0) is 4.79 Å². The standard InChI is InChI=1S/C17H35N3O/c1-7-9-19(8-2)10-11-20-16(14(5)6)18-15(17(20)21)12-13(3)4/h13-16,18H,7-12H2,1-6H3. The molecule has 1 rings (SSSR count). The lowest BCUT2D eigenvalue weighted by Gasteiger charge is -2.30. The van der Waals surface area contributed by atoms with Gasteiger partial charge in [-0.15, -0.1) is 0 Å². The highest BCUT2D eigenvalue weighted by Gasteiger charge is 2.39. The van der Waals surface area contributed by atoms with Gasteiger partial charge >= 0.3 is 0 Å². The SMILES string of the molecule is CCCN(CC)CCN1C(=O)C(CC(C)C)NC1C(C)C. The van der Waals surface area contributed by atoms with Crippen molar-refractivity contribution in [3.8, 4) is 0 Å². The monoisotopic (exact) mass is 297 g/mol. The smallest absolute Gasteiger partial charge is 0.241 e. The molecule has 1 saturated heterocycles. The third-order valence-corrected chi connectivity index (χ3v) is 4.27. The van der Waals surface area contributed by atoms with Gasteiger partial charge in [0.2, 0.25) is 5.91 Å². The molecule has 0 aromatic heterocycles. The number of nitrogens with zero attached hydrogens (tertiary/aromatic N) is 2. The molecule has 21 heavy (non-hydrogen) atoms. The molecule has 0 radical (unpaired) electrons. The van der Waals surface area contributed by atoms with E-state index < -0.39 is 0 Å². The van der Waals surface area contributed by atoms with Crippen molar-refractivity contribution in [2.45, 2.75) is 66.6 Å². The molecule has 4 nitrogen and oxygen atoms in total. The highest BCUT2D eigenvalue weighted by molar-refractivity contribution is 5.84. The first kappa shape index (κ1) is 18.4. The van der Waals surface area contributed by atoms with E-state index in [4.69, 9.17) is 0 Å². The third kappa shape index (κ3) is 5.26. The van der Waals surface area contributed by atoms with E-state index in [0.29, 0.717) is 17.7 Å². The van der Waals surface area contributed by atoms with Gasteiger partial charge < -0.3 is 9.80 Å². The molecule has 4 heteroatoms. The molecule has 1 amide bonds. The molecule has 2 atom stereocenters. The summed E-state index contributed by atoms with van der Waals surface area (Å²) in [5.74, 6) is 1.30. The quantitative estimate of drug-likeness (QED) is 0.710. The lowest BCUT2D eigenvalue weighted by Crippen LogP contribution is -2.45. The number of carbonyl (C=O) groups is 1. The maximum Gasteiger partial charge on any atom is 0.241 e. The summed E-state index contributed by atoms with van der Waals surface area (Å²) in [6.45, 7) is 17.2. The molecule has 0 aliphatic carbocycles. The summed E-state index contributed by atoms with van der Waals surface area (Å²) >= 11 is 0. The van der Waals surface area contributed by atoms with Crippen molar-refractivity contribution in [1.82, 2.24) is 15.1 Å². The molecule has 1 N–H and O–H groups in total. The number of hydrogen-bond donors (Lipinski definition) is 1.